The maximum Gasteiger partial charge on any atom is 0.243 e. The van der Waals surface area contributed by atoms with E-state index in [1.807, 2.05) is 44.2 Å². The number of Topliss-reactive ketones (excluding diaryl/α,β-unsaturated/α-hetero) is 1. The first-order chi connectivity index (χ1) is 14.7. The summed E-state index contributed by atoms with van der Waals surface area (Å²) in [6.45, 7) is 3.24. The summed E-state index contributed by atoms with van der Waals surface area (Å²) in [5.74, 6) is -1.83. The predicted molar refractivity (Wildman–Crippen MR) is 118 cm³/mol. The van der Waals surface area contributed by atoms with E-state index in [-0.39, 0.29) is 32.0 Å². The number of nitrogens with two attached hydrogens (primary N) is 3. The largest absolute Gasteiger partial charge is 0.347 e. The van der Waals surface area contributed by atoms with Crippen molar-refractivity contribution in [2.75, 3.05) is 19.6 Å². The van der Waals surface area contributed by atoms with E-state index in [1.54, 1.807) is 0 Å². The molecule has 0 aliphatic carbocycles. The Hall–Kier alpha value is -2.82. The van der Waals surface area contributed by atoms with Gasteiger partial charge in [0, 0.05) is 13.0 Å². The quantitative estimate of drug-likeness (QED) is 0.211. The molecule has 31 heavy (non-hydrogen) atoms. The zero-order valence-electron chi connectivity index (χ0n) is 18.1. The van der Waals surface area contributed by atoms with Gasteiger partial charge in [-0.3, -0.25) is 19.2 Å². The van der Waals surface area contributed by atoms with Crippen molar-refractivity contribution in [1.82, 2.24) is 16.0 Å². The Bertz CT molecular complexity index is 741. The molecule has 10 heteroatoms. The lowest BCUT2D eigenvalue weighted by Gasteiger charge is -2.24. The highest BCUT2D eigenvalue weighted by Crippen LogP contribution is 2.08. The van der Waals surface area contributed by atoms with E-state index in [9.17, 15) is 19.2 Å². The molecule has 0 saturated carbocycles. The molecular formula is C21H34N6O4. The van der Waals surface area contributed by atoms with Gasteiger partial charge >= 0.3 is 0 Å². The van der Waals surface area contributed by atoms with Gasteiger partial charge in [0.25, 0.3) is 0 Å². The molecule has 0 aliphatic rings. The number of amides is 3. The van der Waals surface area contributed by atoms with Gasteiger partial charge in [-0.25, -0.2) is 0 Å². The van der Waals surface area contributed by atoms with Gasteiger partial charge in [-0.2, -0.15) is 0 Å². The number of hydrogen-bond acceptors (Lipinski definition) is 7. The normalized spacial score (nSPS) is 13.7. The van der Waals surface area contributed by atoms with Crippen molar-refractivity contribution in [2.45, 2.75) is 44.8 Å². The molecule has 0 heterocycles. The van der Waals surface area contributed by atoms with E-state index in [2.05, 4.69) is 16.0 Å². The van der Waals surface area contributed by atoms with Gasteiger partial charge in [0.2, 0.25) is 17.7 Å². The first-order valence-electron chi connectivity index (χ1n) is 10.3. The van der Waals surface area contributed by atoms with Crippen molar-refractivity contribution >= 4 is 23.5 Å². The molecule has 1 aromatic carbocycles. The summed E-state index contributed by atoms with van der Waals surface area (Å²) >= 11 is 0. The molecule has 9 N–H and O–H groups in total. The molecule has 1 unspecified atom stereocenters. The third kappa shape index (κ3) is 9.69. The van der Waals surface area contributed by atoms with Crippen molar-refractivity contribution in [3.63, 3.8) is 0 Å². The zero-order valence-corrected chi connectivity index (χ0v) is 18.1. The Morgan fingerprint density at radius 2 is 1.58 bits per heavy atom. The van der Waals surface area contributed by atoms with Gasteiger partial charge in [0.1, 0.15) is 12.1 Å². The van der Waals surface area contributed by atoms with Gasteiger partial charge < -0.3 is 33.2 Å². The molecule has 3 amide bonds. The van der Waals surface area contributed by atoms with Crippen LogP contribution in [0.5, 0.6) is 0 Å². The summed E-state index contributed by atoms with van der Waals surface area (Å²) in [6, 6.07) is 6.51. The fourth-order valence-corrected chi connectivity index (χ4v) is 2.85. The Morgan fingerprint density at radius 3 is 2.13 bits per heavy atom. The molecule has 0 saturated heterocycles. The smallest absolute Gasteiger partial charge is 0.243 e. The lowest BCUT2D eigenvalue weighted by molar-refractivity contribution is -0.132. The predicted octanol–water partition coefficient (Wildman–Crippen LogP) is -1.83. The van der Waals surface area contributed by atoms with Crippen LogP contribution >= 0.6 is 0 Å². The van der Waals surface area contributed by atoms with Crippen LogP contribution < -0.4 is 33.2 Å². The van der Waals surface area contributed by atoms with E-state index in [4.69, 9.17) is 17.2 Å². The van der Waals surface area contributed by atoms with Crippen LogP contribution in [-0.2, 0) is 25.6 Å². The molecule has 0 fully saturated rings. The Morgan fingerprint density at radius 1 is 0.935 bits per heavy atom. The van der Waals surface area contributed by atoms with Crippen LogP contribution in [0.4, 0.5) is 0 Å². The number of rotatable bonds is 13. The molecule has 0 spiro atoms. The number of hydrogen-bond donors (Lipinski definition) is 6. The molecule has 0 bridgehead atoms. The number of nitrogens with one attached hydrogen (secondary N) is 3. The molecular weight excluding hydrogens is 400 g/mol. The van der Waals surface area contributed by atoms with E-state index in [1.165, 1.54) is 0 Å². The van der Waals surface area contributed by atoms with Crippen LogP contribution in [0, 0.1) is 5.92 Å². The summed E-state index contributed by atoms with van der Waals surface area (Å²) in [4.78, 5) is 49.2. The maximum absolute atomic E-state index is 12.9. The summed E-state index contributed by atoms with van der Waals surface area (Å²) in [7, 11) is 0. The van der Waals surface area contributed by atoms with Crippen LogP contribution in [0.15, 0.2) is 30.3 Å². The minimum atomic E-state index is -0.909. The van der Waals surface area contributed by atoms with E-state index < -0.39 is 41.6 Å². The molecule has 1 rings (SSSR count). The monoisotopic (exact) mass is 434 g/mol. The summed E-state index contributed by atoms with van der Waals surface area (Å²) in [5, 5.41) is 7.79. The summed E-state index contributed by atoms with van der Waals surface area (Å²) in [5.41, 5.74) is 17.1. The highest BCUT2D eigenvalue weighted by Gasteiger charge is 2.28. The standard InChI is InChI=1S/C21H34N6O4/c1-13(2)8-16(20(30)25-12-18(28)15(24)10-22)27-21(31)17(26-19(29)11-23)9-14-6-4-3-5-7-14/h3-7,13,15-17H,8-12,22-24H2,1-2H3,(H,25,30)(H,26,29)(H,27,31)/t15?,16-,17-/m0/s1. The second-order valence-corrected chi connectivity index (χ2v) is 7.73. The topological polar surface area (TPSA) is 182 Å². The third-order valence-corrected chi connectivity index (χ3v) is 4.56. The van der Waals surface area contributed by atoms with Crippen LogP contribution in [0.1, 0.15) is 25.8 Å². The molecule has 1 aromatic rings. The SMILES string of the molecule is CC(C)C[C@H](NC(=O)[C@H](Cc1ccccc1)NC(=O)CN)C(=O)NCC(=O)C(N)CN. The van der Waals surface area contributed by atoms with Gasteiger partial charge in [-0.15, -0.1) is 0 Å². The second-order valence-electron chi connectivity index (χ2n) is 7.73. The number of benzene rings is 1. The van der Waals surface area contributed by atoms with Crippen molar-refractivity contribution in [3.05, 3.63) is 35.9 Å². The number of carbonyl (C=O) groups excluding carboxylic acids is 4. The van der Waals surface area contributed by atoms with Crippen LogP contribution in [0.2, 0.25) is 0 Å². The fourth-order valence-electron chi connectivity index (χ4n) is 2.85. The van der Waals surface area contributed by atoms with Crippen LogP contribution in [0.3, 0.4) is 0 Å². The van der Waals surface area contributed by atoms with E-state index in [0.717, 1.165) is 5.56 Å². The molecule has 0 aromatic heterocycles. The van der Waals surface area contributed by atoms with Crippen molar-refractivity contribution < 1.29 is 19.2 Å². The van der Waals surface area contributed by atoms with Gasteiger partial charge in [-0.1, -0.05) is 44.2 Å². The zero-order chi connectivity index (χ0) is 23.4. The first-order valence-corrected chi connectivity index (χ1v) is 10.3. The Kier molecular flexibility index (Phi) is 11.4. The van der Waals surface area contributed by atoms with E-state index >= 15 is 0 Å². The minimum Gasteiger partial charge on any atom is -0.347 e. The third-order valence-electron chi connectivity index (χ3n) is 4.56. The Labute approximate surface area is 182 Å². The summed E-state index contributed by atoms with van der Waals surface area (Å²) in [6.07, 6.45) is 0.579. The average molecular weight is 435 g/mol. The minimum absolute atomic E-state index is 0.0249. The summed E-state index contributed by atoms with van der Waals surface area (Å²) < 4.78 is 0. The number of carbonyl (C=O) groups is 4. The Balaban J connectivity index is 2.89. The van der Waals surface area contributed by atoms with Gasteiger partial charge in [-0.05, 0) is 17.9 Å². The lowest BCUT2D eigenvalue weighted by Crippen LogP contribution is -2.56. The van der Waals surface area contributed by atoms with Gasteiger partial charge in [0.15, 0.2) is 5.78 Å². The van der Waals surface area contributed by atoms with Crippen molar-refractivity contribution in [1.29, 1.82) is 0 Å². The lowest BCUT2D eigenvalue weighted by atomic mass is 10.0. The van der Waals surface area contributed by atoms with E-state index in [0.29, 0.717) is 6.42 Å². The highest BCUT2D eigenvalue weighted by molar-refractivity contribution is 5.94. The van der Waals surface area contributed by atoms with Crippen LogP contribution in [0.25, 0.3) is 0 Å². The molecule has 0 radical (unpaired) electrons. The molecule has 0 aliphatic heterocycles. The van der Waals surface area contributed by atoms with Crippen molar-refractivity contribution in [2.24, 2.45) is 23.1 Å². The maximum atomic E-state index is 12.9. The van der Waals surface area contributed by atoms with Gasteiger partial charge in [0.05, 0.1) is 19.1 Å². The average Bonchev–Trinajstić information content (AvgIpc) is 2.75. The number of ketones is 1. The molecule has 10 nitrogen and oxygen atoms in total. The van der Waals surface area contributed by atoms with Crippen LogP contribution in [-0.4, -0.2) is 61.3 Å². The second kappa shape index (κ2) is 13.5. The molecule has 3 atom stereocenters. The first kappa shape index (κ1) is 26.2. The fraction of sp³-hybridized carbons (Fsp3) is 0.524. The highest BCUT2D eigenvalue weighted by atomic mass is 16.2. The van der Waals surface area contributed by atoms with Crippen molar-refractivity contribution in [3.8, 4) is 0 Å². The molecule has 172 valence electrons.